The number of aryl methyl sites for hydroxylation is 1. The summed E-state index contributed by atoms with van der Waals surface area (Å²) >= 11 is 0. The van der Waals surface area contributed by atoms with E-state index >= 15 is 0 Å². The van der Waals surface area contributed by atoms with Gasteiger partial charge in [-0.3, -0.25) is 0 Å². The second kappa shape index (κ2) is 8.53. The molecule has 0 unspecified atom stereocenters. The Balaban J connectivity index is 1.26. The van der Waals surface area contributed by atoms with E-state index in [0.29, 0.717) is 13.2 Å². The first kappa shape index (κ1) is 18.0. The highest BCUT2D eigenvalue weighted by Gasteiger charge is 2.20. The topological polar surface area (TPSA) is 49.0 Å². The highest BCUT2D eigenvalue weighted by molar-refractivity contribution is 5.51. The van der Waals surface area contributed by atoms with Crippen molar-refractivity contribution in [1.29, 1.82) is 0 Å². The van der Waals surface area contributed by atoms with Crippen molar-refractivity contribution < 1.29 is 18.9 Å². The van der Waals surface area contributed by atoms with E-state index in [1.807, 2.05) is 30.3 Å². The molecular formula is C22H27NO4. The lowest BCUT2D eigenvalue weighted by molar-refractivity contribution is 0.0897. The molecule has 4 rings (SSSR count). The quantitative estimate of drug-likeness (QED) is 0.758. The molecule has 0 saturated carbocycles. The molecule has 0 aromatic heterocycles. The van der Waals surface area contributed by atoms with Gasteiger partial charge in [-0.25, -0.2) is 0 Å². The minimum Gasteiger partial charge on any atom is -0.493 e. The number of nitrogens with one attached hydrogen (secondary N) is 1. The van der Waals surface area contributed by atoms with Gasteiger partial charge in [0.2, 0.25) is 0 Å². The van der Waals surface area contributed by atoms with Gasteiger partial charge in [0, 0.05) is 18.7 Å². The molecule has 0 radical (unpaired) electrons. The van der Waals surface area contributed by atoms with Crippen LogP contribution in [-0.2, 0) is 12.8 Å². The Labute approximate surface area is 160 Å². The highest BCUT2D eigenvalue weighted by Crippen LogP contribution is 2.37. The van der Waals surface area contributed by atoms with Crippen molar-refractivity contribution in [3.63, 3.8) is 0 Å². The standard InChI is InChI=1S/C22H27NO4/c1-24-21-11-10-16-6-2-3-7-18(16)22(21)25-13-12-23-14-17-15-26-19-8-4-5-9-20(19)27-17/h4-5,8-11,17,23H,2-3,6-7,12-15H2,1H3/t17-/m1/s1. The monoisotopic (exact) mass is 369 g/mol. The van der Waals surface area contributed by atoms with Crippen LogP contribution in [-0.4, -0.2) is 39.5 Å². The summed E-state index contributed by atoms with van der Waals surface area (Å²) in [4.78, 5) is 0. The number of hydrogen-bond donors (Lipinski definition) is 1. The van der Waals surface area contributed by atoms with Crippen molar-refractivity contribution in [2.45, 2.75) is 31.8 Å². The zero-order chi connectivity index (χ0) is 18.5. The fourth-order valence-electron chi connectivity index (χ4n) is 3.74. The van der Waals surface area contributed by atoms with E-state index in [1.54, 1.807) is 7.11 Å². The largest absolute Gasteiger partial charge is 0.493 e. The molecule has 5 heteroatoms. The van der Waals surface area contributed by atoms with Gasteiger partial charge in [0.05, 0.1) is 7.11 Å². The number of fused-ring (bicyclic) bond motifs is 2. The van der Waals surface area contributed by atoms with Crippen LogP contribution in [0.2, 0.25) is 0 Å². The Morgan fingerprint density at radius 3 is 2.81 bits per heavy atom. The van der Waals surface area contributed by atoms with Gasteiger partial charge in [0.1, 0.15) is 19.3 Å². The lowest BCUT2D eigenvalue weighted by Gasteiger charge is -2.26. The van der Waals surface area contributed by atoms with Gasteiger partial charge in [-0.2, -0.15) is 0 Å². The summed E-state index contributed by atoms with van der Waals surface area (Å²) in [6.45, 7) is 2.62. The van der Waals surface area contributed by atoms with Gasteiger partial charge in [0.25, 0.3) is 0 Å². The lowest BCUT2D eigenvalue weighted by Crippen LogP contribution is -2.39. The van der Waals surface area contributed by atoms with Crippen LogP contribution in [0.3, 0.4) is 0 Å². The van der Waals surface area contributed by atoms with Crippen LogP contribution >= 0.6 is 0 Å². The molecule has 0 saturated heterocycles. The molecule has 27 heavy (non-hydrogen) atoms. The number of methoxy groups -OCH3 is 1. The molecular weight excluding hydrogens is 342 g/mol. The maximum atomic E-state index is 6.11. The Kier molecular flexibility index (Phi) is 5.68. The van der Waals surface area contributed by atoms with E-state index in [0.717, 1.165) is 48.9 Å². The molecule has 1 N–H and O–H groups in total. The van der Waals surface area contributed by atoms with Gasteiger partial charge in [-0.15, -0.1) is 0 Å². The highest BCUT2D eigenvalue weighted by atomic mass is 16.6. The Morgan fingerprint density at radius 1 is 1.07 bits per heavy atom. The molecule has 1 atom stereocenters. The van der Waals surface area contributed by atoms with Crippen LogP contribution in [0.15, 0.2) is 36.4 Å². The van der Waals surface area contributed by atoms with Gasteiger partial charge >= 0.3 is 0 Å². The molecule has 1 aliphatic heterocycles. The van der Waals surface area contributed by atoms with Crippen molar-refractivity contribution >= 4 is 0 Å². The third kappa shape index (κ3) is 4.14. The van der Waals surface area contributed by atoms with Crippen molar-refractivity contribution in [2.75, 3.05) is 33.4 Å². The van der Waals surface area contributed by atoms with E-state index in [-0.39, 0.29) is 6.10 Å². The molecule has 2 aromatic rings. The first-order valence-corrected chi connectivity index (χ1v) is 9.76. The van der Waals surface area contributed by atoms with Crippen molar-refractivity contribution in [3.8, 4) is 23.0 Å². The van der Waals surface area contributed by atoms with E-state index in [1.165, 1.54) is 24.0 Å². The summed E-state index contributed by atoms with van der Waals surface area (Å²) in [6.07, 6.45) is 4.69. The second-order valence-electron chi connectivity index (χ2n) is 6.99. The fraction of sp³-hybridized carbons (Fsp3) is 0.455. The number of hydrogen-bond acceptors (Lipinski definition) is 5. The summed E-state index contributed by atoms with van der Waals surface area (Å²) in [5, 5.41) is 3.40. The predicted molar refractivity (Wildman–Crippen MR) is 104 cm³/mol. The molecule has 5 nitrogen and oxygen atoms in total. The molecule has 0 spiro atoms. The van der Waals surface area contributed by atoms with Crippen molar-refractivity contribution in [2.24, 2.45) is 0 Å². The van der Waals surface area contributed by atoms with Crippen molar-refractivity contribution in [1.82, 2.24) is 5.32 Å². The summed E-state index contributed by atoms with van der Waals surface area (Å²) in [5.41, 5.74) is 2.72. The molecule has 0 amide bonds. The minimum absolute atomic E-state index is 0.0129. The number of rotatable bonds is 7. The van der Waals surface area contributed by atoms with Crippen LogP contribution in [0.1, 0.15) is 24.0 Å². The van der Waals surface area contributed by atoms with Gasteiger partial charge < -0.3 is 24.3 Å². The van der Waals surface area contributed by atoms with Crippen LogP contribution < -0.4 is 24.3 Å². The first-order chi connectivity index (χ1) is 13.3. The molecule has 1 heterocycles. The molecule has 144 valence electrons. The van der Waals surface area contributed by atoms with E-state index in [9.17, 15) is 0 Å². The average Bonchev–Trinajstić information content (AvgIpc) is 2.73. The zero-order valence-corrected chi connectivity index (χ0v) is 15.8. The molecule has 0 bridgehead atoms. The Bertz CT molecular complexity index is 777. The molecule has 0 fully saturated rings. The van der Waals surface area contributed by atoms with E-state index < -0.39 is 0 Å². The smallest absolute Gasteiger partial charge is 0.164 e. The molecule has 2 aromatic carbocycles. The number of para-hydroxylation sites is 2. The van der Waals surface area contributed by atoms with Gasteiger partial charge in [0.15, 0.2) is 23.0 Å². The minimum atomic E-state index is 0.0129. The van der Waals surface area contributed by atoms with Gasteiger partial charge in [-0.1, -0.05) is 18.2 Å². The normalized spacial score (nSPS) is 17.9. The van der Waals surface area contributed by atoms with E-state index in [2.05, 4.69) is 11.4 Å². The summed E-state index contributed by atoms with van der Waals surface area (Å²) in [7, 11) is 1.70. The summed E-state index contributed by atoms with van der Waals surface area (Å²) < 4.78 is 23.3. The Morgan fingerprint density at radius 2 is 1.93 bits per heavy atom. The van der Waals surface area contributed by atoms with E-state index in [4.69, 9.17) is 18.9 Å². The Hall–Kier alpha value is -2.40. The lowest BCUT2D eigenvalue weighted by atomic mass is 9.91. The summed E-state index contributed by atoms with van der Waals surface area (Å²) in [5.74, 6) is 3.38. The SMILES string of the molecule is COc1ccc2c(c1OCCNC[C@@H]1COc3ccccc3O1)CCCC2. The average molecular weight is 369 g/mol. The third-order valence-electron chi connectivity index (χ3n) is 5.13. The van der Waals surface area contributed by atoms with Crippen molar-refractivity contribution in [3.05, 3.63) is 47.5 Å². The van der Waals surface area contributed by atoms with Crippen LogP contribution in [0.5, 0.6) is 23.0 Å². The number of ether oxygens (including phenoxy) is 4. The molecule has 2 aliphatic rings. The maximum absolute atomic E-state index is 6.11. The first-order valence-electron chi connectivity index (χ1n) is 9.76. The van der Waals surface area contributed by atoms with Crippen LogP contribution in [0.4, 0.5) is 0 Å². The number of benzene rings is 2. The fourth-order valence-corrected chi connectivity index (χ4v) is 3.74. The second-order valence-corrected chi connectivity index (χ2v) is 6.99. The predicted octanol–water partition coefficient (Wildman–Crippen LogP) is 3.38. The van der Waals surface area contributed by atoms with Crippen LogP contribution in [0, 0.1) is 0 Å². The summed E-state index contributed by atoms with van der Waals surface area (Å²) in [6, 6.07) is 12.0. The maximum Gasteiger partial charge on any atom is 0.164 e. The molecule has 1 aliphatic carbocycles. The van der Waals surface area contributed by atoms with Gasteiger partial charge in [-0.05, 0) is 49.4 Å². The third-order valence-corrected chi connectivity index (χ3v) is 5.13. The van der Waals surface area contributed by atoms with Crippen LogP contribution in [0.25, 0.3) is 0 Å². The zero-order valence-electron chi connectivity index (χ0n) is 15.8.